The van der Waals surface area contributed by atoms with Crippen molar-refractivity contribution >= 4 is 54.9 Å². The summed E-state index contributed by atoms with van der Waals surface area (Å²) >= 11 is 0. The Labute approximate surface area is 235 Å². The Hall–Kier alpha value is -5.54. The van der Waals surface area contributed by atoms with Gasteiger partial charge in [0.25, 0.3) is 0 Å². The molecule has 6 aromatic carbocycles. The van der Waals surface area contributed by atoms with Gasteiger partial charge in [0.2, 0.25) is 0 Å². The second kappa shape index (κ2) is 8.48. The molecule has 0 saturated carbocycles. The van der Waals surface area contributed by atoms with Crippen LogP contribution in [0, 0.1) is 0 Å². The van der Waals surface area contributed by atoms with Crippen LogP contribution in [-0.4, -0.2) is 4.57 Å². The first-order chi connectivity index (χ1) is 20.3. The average molecular weight is 526 g/mol. The van der Waals surface area contributed by atoms with Crippen molar-refractivity contribution in [2.75, 3.05) is 0 Å². The van der Waals surface area contributed by atoms with Crippen molar-refractivity contribution < 1.29 is 8.83 Å². The van der Waals surface area contributed by atoms with Crippen LogP contribution in [-0.2, 0) is 0 Å². The lowest BCUT2D eigenvalue weighted by Gasteiger charge is -2.08. The number of benzene rings is 6. The van der Waals surface area contributed by atoms with Gasteiger partial charge >= 0.3 is 0 Å². The number of para-hydroxylation sites is 4. The summed E-state index contributed by atoms with van der Waals surface area (Å²) in [4.78, 5) is 0. The van der Waals surface area contributed by atoms with E-state index in [4.69, 9.17) is 8.83 Å². The van der Waals surface area contributed by atoms with Crippen LogP contribution in [0.4, 0.5) is 0 Å². The molecule has 9 rings (SSSR count). The van der Waals surface area contributed by atoms with Crippen molar-refractivity contribution in [1.29, 1.82) is 0 Å². The normalized spacial score (nSPS) is 11.9. The SMILES string of the molecule is c1ccc(-n2c3ccccc3c3oc4c(-c5ccc(-c6ccc7c(c6)oc6ccccc67)cc5)cccc4c32)cc1. The van der Waals surface area contributed by atoms with Crippen molar-refractivity contribution in [2.45, 2.75) is 0 Å². The molecule has 9 aromatic rings. The predicted octanol–water partition coefficient (Wildman–Crippen LogP) is 10.8. The molecule has 0 aliphatic carbocycles. The molecule has 0 spiro atoms. The van der Waals surface area contributed by atoms with Gasteiger partial charge in [0.15, 0.2) is 5.58 Å². The number of hydrogen-bond acceptors (Lipinski definition) is 2. The third kappa shape index (κ3) is 3.26. The van der Waals surface area contributed by atoms with Crippen molar-refractivity contribution in [1.82, 2.24) is 4.57 Å². The maximum atomic E-state index is 6.71. The highest BCUT2D eigenvalue weighted by Crippen LogP contribution is 2.42. The molecule has 0 aliphatic heterocycles. The Morgan fingerprint density at radius 1 is 0.415 bits per heavy atom. The summed E-state index contributed by atoms with van der Waals surface area (Å²) in [6, 6.07) is 48.8. The summed E-state index contributed by atoms with van der Waals surface area (Å²) in [6.07, 6.45) is 0. The maximum absolute atomic E-state index is 6.71. The molecule has 0 unspecified atom stereocenters. The van der Waals surface area contributed by atoms with Gasteiger partial charge in [-0.2, -0.15) is 0 Å². The Kier molecular flexibility index (Phi) is 4.61. The summed E-state index contributed by atoms with van der Waals surface area (Å²) in [5, 5.41) is 4.52. The van der Waals surface area contributed by atoms with E-state index in [0.717, 1.165) is 82.9 Å². The van der Waals surface area contributed by atoms with Crippen LogP contribution in [0.2, 0.25) is 0 Å². The van der Waals surface area contributed by atoms with Crippen LogP contribution in [0.3, 0.4) is 0 Å². The zero-order valence-electron chi connectivity index (χ0n) is 22.0. The lowest BCUT2D eigenvalue weighted by molar-refractivity contribution is 0.669. The number of furan rings is 2. The first kappa shape index (κ1) is 22.3. The van der Waals surface area contributed by atoms with Crippen LogP contribution in [0.25, 0.3) is 82.9 Å². The highest BCUT2D eigenvalue weighted by molar-refractivity contribution is 6.18. The Balaban J connectivity index is 1.19. The Bertz CT molecular complexity index is 2400. The second-order valence-electron chi connectivity index (χ2n) is 10.5. The number of aromatic nitrogens is 1. The maximum Gasteiger partial charge on any atom is 0.161 e. The topological polar surface area (TPSA) is 31.2 Å². The fourth-order valence-electron chi connectivity index (χ4n) is 6.31. The van der Waals surface area contributed by atoms with Crippen LogP contribution in [0.15, 0.2) is 148 Å². The van der Waals surface area contributed by atoms with E-state index in [-0.39, 0.29) is 0 Å². The minimum Gasteiger partial charge on any atom is -0.456 e. The van der Waals surface area contributed by atoms with Gasteiger partial charge in [-0.3, -0.25) is 0 Å². The van der Waals surface area contributed by atoms with E-state index in [9.17, 15) is 0 Å². The van der Waals surface area contributed by atoms with E-state index in [0.29, 0.717) is 0 Å². The molecule has 0 fully saturated rings. The predicted molar refractivity (Wildman–Crippen MR) is 169 cm³/mol. The van der Waals surface area contributed by atoms with Crippen molar-refractivity contribution in [3.05, 3.63) is 140 Å². The third-order valence-corrected chi connectivity index (χ3v) is 8.22. The number of nitrogens with zero attached hydrogens (tertiary/aromatic N) is 1. The lowest BCUT2D eigenvalue weighted by atomic mass is 9.98. The molecule has 0 N–H and O–H groups in total. The molecule has 3 heterocycles. The van der Waals surface area contributed by atoms with Gasteiger partial charge in [-0.25, -0.2) is 0 Å². The molecule has 0 bridgehead atoms. The minimum atomic E-state index is 0.907. The molecular weight excluding hydrogens is 502 g/mol. The van der Waals surface area contributed by atoms with Crippen molar-refractivity contribution in [2.24, 2.45) is 0 Å². The zero-order chi connectivity index (χ0) is 26.9. The van der Waals surface area contributed by atoms with Gasteiger partial charge in [-0.05, 0) is 65.2 Å². The van der Waals surface area contributed by atoms with E-state index in [1.807, 2.05) is 12.1 Å². The van der Waals surface area contributed by atoms with Crippen molar-refractivity contribution in [3.63, 3.8) is 0 Å². The molecule has 41 heavy (non-hydrogen) atoms. The fraction of sp³-hybridized carbons (Fsp3) is 0. The number of rotatable bonds is 3. The number of fused-ring (bicyclic) bond motifs is 8. The van der Waals surface area contributed by atoms with Gasteiger partial charge in [0, 0.05) is 32.8 Å². The molecular formula is C38H23NO2. The van der Waals surface area contributed by atoms with Crippen LogP contribution < -0.4 is 0 Å². The fourth-order valence-corrected chi connectivity index (χ4v) is 6.31. The number of hydrogen-bond donors (Lipinski definition) is 0. The summed E-state index contributed by atoms with van der Waals surface area (Å²) in [5.74, 6) is 0. The molecule has 3 heteroatoms. The van der Waals surface area contributed by atoms with Crippen LogP contribution >= 0.6 is 0 Å². The smallest absolute Gasteiger partial charge is 0.161 e. The third-order valence-electron chi connectivity index (χ3n) is 8.22. The highest BCUT2D eigenvalue weighted by atomic mass is 16.3. The van der Waals surface area contributed by atoms with Gasteiger partial charge in [-0.1, -0.05) is 91.0 Å². The molecule has 0 atom stereocenters. The quantitative estimate of drug-likeness (QED) is 0.230. The van der Waals surface area contributed by atoms with Gasteiger partial charge in [0.05, 0.1) is 5.52 Å². The van der Waals surface area contributed by atoms with E-state index >= 15 is 0 Å². The van der Waals surface area contributed by atoms with Crippen molar-refractivity contribution in [3.8, 4) is 27.9 Å². The lowest BCUT2D eigenvalue weighted by Crippen LogP contribution is -1.92. The zero-order valence-corrected chi connectivity index (χ0v) is 22.0. The van der Waals surface area contributed by atoms with Crippen LogP contribution in [0.5, 0.6) is 0 Å². The average Bonchev–Trinajstić information content (AvgIpc) is 3.70. The minimum absolute atomic E-state index is 0.907. The Morgan fingerprint density at radius 3 is 1.98 bits per heavy atom. The Morgan fingerprint density at radius 2 is 1.10 bits per heavy atom. The molecule has 0 aliphatic rings. The summed E-state index contributed by atoms with van der Waals surface area (Å²) in [6.45, 7) is 0. The summed E-state index contributed by atoms with van der Waals surface area (Å²) in [7, 11) is 0. The van der Waals surface area contributed by atoms with Gasteiger partial charge < -0.3 is 13.4 Å². The summed E-state index contributed by atoms with van der Waals surface area (Å²) < 4.78 is 15.2. The standard InChI is InChI=1S/C38H23NO2/c1-2-9-27(10-3-1)39-33-15-6-4-12-31(33)38-36(39)32-14-8-13-28(37(32)41-38)25-19-17-24(18-20-25)26-21-22-30-29-11-5-7-16-34(29)40-35(30)23-26/h1-23H. The molecule has 0 amide bonds. The second-order valence-corrected chi connectivity index (χ2v) is 10.5. The first-order valence-corrected chi connectivity index (χ1v) is 13.9. The van der Waals surface area contributed by atoms with Gasteiger partial charge in [-0.15, -0.1) is 0 Å². The van der Waals surface area contributed by atoms with Gasteiger partial charge in [0.1, 0.15) is 22.3 Å². The van der Waals surface area contributed by atoms with E-state index < -0.39 is 0 Å². The molecule has 3 nitrogen and oxygen atoms in total. The molecule has 192 valence electrons. The van der Waals surface area contributed by atoms with E-state index in [2.05, 4.69) is 132 Å². The van der Waals surface area contributed by atoms with Crippen LogP contribution in [0.1, 0.15) is 0 Å². The van der Waals surface area contributed by atoms with E-state index in [1.165, 1.54) is 0 Å². The first-order valence-electron chi connectivity index (χ1n) is 13.9. The molecule has 0 radical (unpaired) electrons. The summed E-state index contributed by atoms with van der Waals surface area (Å²) in [5.41, 5.74) is 11.5. The monoisotopic (exact) mass is 525 g/mol. The largest absolute Gasteiger partial charge is 0.456 e. The molecule has 3 aromatic heterocycles. The van der Waals surface area contributed by atoms with E-state index in [1.54, 1.807) is 0 Å². The highest BCUT2D eigenvalue weighted by Gasteiger charge is 2.21. The molecule has 0 saturated heterocycles.